The summed E-state index contributed by atoms with van der Waals surface area (Å²) < 4.78 is 4.82. The molecule has 2 aromatic heterocycles. The molecule has 2 aromatic rings. The predicted molar refractivity (Wildman–Crippen MR) is 70.5 cm³/mol. The van der Waals surface area contributed by atoms with E-state index in [2.05, 4.69) is 15.3 Å². The topological polar surface area (TPSA) is 64.1 Å². The first-order valence-corrected chi connectivity index (χ1v) is 6.43. The minimum atomic E-state index is -0.297. The fourth-order valence-corrected chi connectivity index (χ4v) is 2.08. The lowest BCUT2D eigenvalue weighted by Crippen LogP contribution is -2.17. The number of anilines is 1. The molecule has 2 rings (SSSR count). The lowest BCUT2D eigenvalue weighted by molar-refractivity contribution is -0.140. The van der Waals surface area contributed by atoms with Gasteiger partial charge in [0.1, 0.15) is 18.7 Å². The van der Waals surface area contributed by atoms with Crippen LogP contribution in [0.25, 0.3) is 10.6 Å². The molecule has 0 atom stereocenters. The molecule has 2 heterocycles. The van der Waals surface area contributed by atoms with E-state index in [0.29, 0.717) is 12.4 Å². The standard InChI is InChI=1S/C12H13N3O2S/c1-2-17-12(16)7-13-11-6-9(14-8-15-11)10-4-3-5-18-10/h3-6,8H,2,7H2,1H3,(H,13,14,15). The second-order valence-electron chi connectivity index (χ2n) is 3.42. The van der Waals surface area contributed by atoms with Gasteiger partial charge in [0, 0.05) is 6.07 Å². The van der Waals surface area contributed by atoms with E-state index in [1.54, 1.807) is 18.3 Å². The normalized spacial score (nSPS) is 10.1. The number of aromatic nitrogens is 2. The van der Waals surface area contributed by atoms with Crippen LogP contribution in [-0.2, 0) is 9.53 Å². The number of carbonyl (C=O) groups excluding carboxylic acids is 1. The molecule has 18 heavy (non-hydrogen) atoms. The maximum Gasteiger partial charge on any atom is 0.325 e. The summed E-state index contributed by atoms with van der Waals surface area (Å²) in [5.74, 6) is 0.315. The molecule has 94 valence electrons. The molecule has 0 aliphatic carbocycles. The van der Waals surface area contributed by atoms with Gasteiger partial charge in [-0.25, -0.2) is 9.97 Å². The molecule has 6 heteroatoms. The second kappa shape index (κ2) is 6.11. The number of carbonyl (C=O) groups is 1. The highest BCUT2D eigenvalue weighted by atomic mass is 32.1. The summed E-state index contributed by atoms with van der Waals surface area (Å²) in [7, 11) is 0. The van der Waals surface area contributed by atoms with Crippen LogP contribution in [0.1, 0.15) is 6.92 Å². The van der Waals surface area contributed by atoms with Crippen LogP contribution in [0.2, 0.25) is 0 Å². The predicted octanol–water partition coefficient (Wildman–Crippen LogP) is 2.18. The van der Waals surface area contributed by atoms with E-state index < -0.39 is 0 Å². The minimum Gasteiger partial charge on any atom is -0.465 e. The van der Waals surface area contributed by atoms with Crippen LogP contribution in [0.4, 0.5) is 5.82 Å². The first kappa shape index (κ1) is 12.5. The van der Waals surface area contributed by atoms with Crippen molar-refractivity contribution in [1.82, 2.24) is 9.97 Å². The summed E-state index contributed by atoms with van der Waals surface area (Å²) in [5.41, 5.74) is 0.839. The number of ether oxygens (including phenoxy) is 1. The van der Waals surface area contributed by atoms with Gasteiger partial charge in [0.05, 0.1) is 17.2 Å². The summed E-state index contributed by atoms with van der Waals surface area (Å²) in [4.78, 5) is 20.5. The van der Waals surface area contributed by atoms with Crippen molar-refractivity contribution in [1.29, 1.82) is 0 Å². The van der Waals surface area contributed by atoms with Crippen molar-refractivity contribution in [3.63, 3.8) is 0 Å². The molecule has 0 bridgehead atoms. The van der Waals surface area contributed by atoms with Crippen molar-refractivity contribution in [3.8, 4) is 10.6 Å². The van der Waals surface area contributed by atoms with E-state index in [-0.39, 0.29) is 12.5 Å². The molecule has 1 N–H and O–H groups in total. The van der Waals surface area contributed by atoms with Crippen molar-refractivity contribution < 1.29 is 9.53 Å². The van der Waals surface area contributed by atoms with Crippen LogP contribution in [0, 0.1) is 0 Å². The third-order valence-corrected chi connectivity index (χ3v) is 3.05. The van der Waals surface area contributed by atoms with E-state index in [1.807, 2.05) is 23.6 Å². The number of rotatable bonds is 5. The third kappa shape index (κ3) is 3.27. The fourth-order valence-electron chi connectivity index (χ4n) is 1.39. The Labute approximate surface area is 109 Å². The lowest BCUT2D eigenvalue weighted by atomic mass is 10.3. The Morgan fingerprint density at radius 3 is 3.11 bits per heavy atom. The Balaban J connectivity index is 2.02. The number of nitrogens with zero attached hydrogens (tertiary/aromatic N) is 2. The summed E-state index contributed by atoms with van der Waals surface area (Å²) in [6.07, 6.45) is 1.47. The number of nitrogens with one attached hydrogen (secondary N) is 1. The fraction of sp³-hybridized carbons (Fsp3) is 0.250. The lowest BCUT2D eigenvalue weighted by Gasteiger charge is -2.05. The molecule has 0 aliphatic rings. The molecule has 0 aromatic carbocycles. The zero-order valence-corrected chi connectivity index (χ0v) is 10.7. The van der Waals surface area contributed by atoms with E-state index in [1.165, 1.54) is 6.33 Å². The van der Waals surface area contributed by atoms with Gasteiger partial charge in [-0.15, -0.1) is 11.3 Å². The van der Waals surface area contributed by atoms with Gasteiger partial charge in [0.2, 0.25) is 0 Å². The van der Waals surface area contributed by atoms with Crippen molar-refractivity contribution in [2.45, 2.75) is 6.92 Å². The molecular formula is C12H13N3O2S. The smallest absolute Gasteiger partial charge is 0.325 e. The molecule has 0 fully saturated rings. The highest BCUT2D eigenvalue weighted by molar-refractivity contribution is 7.13. The van der Waals surface area contributed by atoms with Gasteiger partial charge < -0.3 is 10.1 Å². The zero-order valence-electron chi connectivity index (χ0n) is 9.92. The maximum atomic E-state index is 11.2. The summed E-state index contributed by atoms with van der Waals surface area (Å²) >= 11 is 1.61. The van der Waals surface area contributed by atoms with Crippen LogP contribution >= 0.6 is 11.3 Å². The Morgan fingerprint density at radius 2 is 2.39 bits per heavy atom. The van der Waals surface area contributed by atoms with E-state index >= 15 is 0 Å². The first-order valence-electron chi connectivity index (χ1n) is 5.55. The van der Waals surface area contributed by atoms with Gasteiger partial charge in [-0.1, -0.05) is 6.07 Å². The average molecular weight is 263 g/mol. The SMILES string of the molecule is CCOC(=O)CNc1cc(-c2cccs2)ncn1. The maximum absolute atomic E-state index is 11.2. The number of thiophene rings is 1. The van der Waals surface area contributed by atoms with E-state index in [9.17, 15) is 4.79 Å². The molecular weight excluding hydrogens is 250 g/mol. The van der Waals surface area contributed by atoms with E-state index in [4.69, 9.17) is 4.74 Å². The van der Waals surface area contributed by atoms with Crippen molar-refractivity contribution in [2.24, 2.45) is 0 Å². The van der Waals surface area contributed by atoms with Crippen LogP contribution in [0.3, 0.4) is 0 Å². The molecule has 0 amide bonds. The van der Waals surface area contributed by atoms with Crippen molar-refractivity contribution in [2.75, 3.05) is 18.5 Å². The molecule has 0 radical (unpaired) electrons. The van der Waals surface area contributed by atoms with Crippen molar-refractivity contribution in [3.05, 3.63) is 29.9 Å². The van der Waals surface area contributed by atoms with Gasteiger partial charge in [0.15, 0.2) is 0 Å². The Bertz CT molecular complexity index is 514. The number of esters is 1. The molecule has 0 saturated carbocycles. The molecule has 0 saturated heterocycles. The van der Waals surface area contributed by atoms with Crippen LogP contribution < -0.4 is 5.32 Å². The minimum absolute atomic E-state index is 0.106. The van der Waals surface area contributed by atoms with Gasteiger partial charge >= 0.3 is 5.97 Å². The monoisotopic (exact) mass is 263 g/mol. The first-order chi connectivity index (χ1) is 8.79. The van der Waals surface area contributed by atoms with Gasteiger partial charge in [-0.3, -0.25) is 4.79 Å². The summed E-state index contributed by atoms with van der Waals surface area (Å²) in [6, 6.07) is 5.76. The molecule has 0 aliphatic heterocycles. The zero-order chi connectivity index (χ0) is 12.8. The van der Waals surface area contributed by atoms with Gasteiger partial charge in [-0.05, 0) is 18.4 Å². The highest BCUT2D eigenvalue weighted by Gasteiger charge is 2.05. The Morgan fingerprint density at radius 1 is 1.50 bits per heavy atom. The van der Waals surface area contributed by atoms with Crippen LogP contribution in [-0.4, -0.2) is 29.1 Å². The van der Waals surface area contributed by atoms with Gasteiger partial charge in [0.25, 0.3) is 0 Å². The third-order valence-electron chi connectivity index (χ3n) is 2.16. The highest BCUT2D eigenvalue weighted by Crippen LogP contribution is 2.23. The molecule has 0 spiro atoms. The largest absolute Gasteiger partial charge is 0.465 e. The van der Waals surface area contributed by atoms with Gasteiger partial charge in [-0.2, -0.15) is 0 Å². The Hall–Kier alpha value is -1.95. The number of hydrogen-bond acceptors (Lipinski definition) is 6. The van der Waals surface area contributed by atoms with Crippen LogP contribution in [0.15, 0.2) is 29.9 Å². The quantitative estimate of drug-likeness (QED) is 0.838. The summed E-state index contributed by atoms with van der Waals surface area (Å²) in [5, 5.41) is 4.90. The molecule has 0 unspecified atom stereocenters. The number of hydrogen-bond donors (Lipinski definition) is 1. The van der Waals surface area contributed by atoms with E-state index in [0.717, 1.165) is 10.6 Å². The van der Waals surface area contributed by atoms with Crippen molar-refractivity contribution >= 4 is 23.1 Å². The van der Waals surface area contributed by atoms with Crippen LogP contribution in [0.5, 0.6) is 0 Å². The Kier molecular flexibility index (Phi) is 4.25. The molecule has 5 nitrogen and oxygen atoms in total. The second-order valence-corrected chi connectivity index (χ2v) is 4.37. The summed E-state index contributed by atoms with van der Waals surface area (Å²) in [6.45, 7) is 2.26. The average Bonchev–Trinajstić information content (AvgIpc) is 2.91.